The molecule has 4 heteroatoms. The third kappa shape index (κ3) is 2.46. The number of anilines is 1. The van der Waals surface area contributed by atoms with Crippen molar-refractivity contribution in [2.75, 3.05) is 18.1 Å². The van der Waals surface area contributed by atoms with E-state index in [1.807, 2.05) is 17.2 Å². The minimum Gasteiger partial charge on any atom is -0.358 e. The summed E-state index contributed by atoms with van der Waals surface area (Å²) in [7, 11) is 0. The van der Waals surface area contributed by atoms with Crippen molar-refractivity contribution in [3.8, 4) is 0 Å². The lowest BCUT2D eigenvalue weighted by Gasteiger charge is -2.21. The number of aromatic nitrogens is 2. The molecule has 1 aromatic rings. The van der Waals surface area contributed by atoms with Gasteiger partial charge in [-0.25, -0.2) is 9.97 Å². The summed E-state index contributed by atoms with van der Waals surface area (Å²) in [5.41, 5.74) is 0. The van der Waals surface area contributed by atoms with Crippen molar-refractivity contribution in [1.82, 2.24) is 14.9 Å². The third-order valence-electron chi connectivity index (χ3n) is 2.20. The molecule has 0 radical (unpaired) electrons. The fourth-order valence-corrected chi connectivity index (χ4v) is 1.62. The summed E-state index contributed by atoms with van der Waals surface area (Å²) in [5, 5.41) is 0. The first-order chi connectivity index (χ1) is 7.25. The number of hydrogen-bond donors (Lipinski definition) is 0. The molecular formula is C11H16N4. The van der Waals surface area contributed by atoms with Crippen LogP contribution in [0, 0.1) is 5.92 Å². The van der Waals surface area contributed by atoms with Gasteiger partial charge in [-0.1, -0.05) is 13.8 Å². The molecule has 0 saturated heterocycles. The molecule has 0 atom stereocenters. The van der Waals surface area contributed by atoms with E-state index in [9.17, 15) is 0 Å². The molecule has 0 aromatic carbocycles. The summed E-state index contributed by atoms with van der Waals surface area (Å²) >= 11 is 0. The van der Waals surface area contributed by atoms with Crippen molar-refractivity contribution in [2.24, 2.45) is 5.92 Å². The maximum absolute atomic E-state index is 4.21. The normalized spacial score (nSPS) is 15.4. The van der Waals surface area contributed by atoms with Crippen LogP contribution in [0.25, 0.3) is 0 Å². The Bertz CT molecular complexity index is 334. The molecule has 0 fully saturated rings. The zero-order valence-electron chi connectivity index (χ0n) is 9.17. The molecule has 0 unspecified atom stereocenters. The molecule has 0 bridgehead atoms. The monoisotopic (exact) mass is 204 g/mol. The van der Waals surface area contributed by atoms with Gasteiger partial charge in [-0.15, -0.1) is 0 Å². The Kier molecular flexibility index (Phi) is 2.85. The Labute approximate surface area is 90.2 Å². The summed E-state index contributed by atoms with van der Waals surface area (Å²) in [4.78, 5) is 12.7. The fourth-order valence-electron chi connectivity index (χ4n) is 1.62. The van der Waals surface area contributed by atoms with Crippen molar-refractivity contribution < 1.29 is 0 Å². The Hall–Kier alpha value is -1.58. The first kappa shape index (κ1) is 9.96. The van der Waals surface area contributed by atoms with Crippen LogP contribution in [0.4, 0.5) is 5.95 Å². The van der Waals surface area contributed by atoms with E-state index in [1.165, 1.54) is 0 Å². The van der Waals surface area contributed by atoms with E-state index in [-0.39, 0.29) is 0 Å². The third-order valence-corrected chi connectivity index (χ3v) is 2.20. The van der Waals surface area contributed by atoms with Gasteiger partial charge < -0.3 is 4.90 Å². The molecule has 80 valence electrons. The number of nitrogens with zero attached hydrogens (tertiary/aromatic N) is 4. The largest absolute Gasteiger partial charge is 0.358 e. The van der Waals surface area contributed by atoms with Crippen molar-refractivity contribution in [3.63, 3.8) is 0 Å². The van der Waals surface area contributed by atoms with Crippen LogP contribution in [0.15, 0.2) is 30.9 Å². The van der Waals surface area contributed by atoms with Crippen LogP contribution in [-0.4, -0.2) is 28.1 Å². The van der Waals surface area contributed by atoms with E-state index >= 15 is 0 Å². The van der Waals surface area contributed by atoms with Crippen LogP contribution in [0.5, 0.6) is 0 Å². The molecule has 4 nitrogen and oxygen atoms in total. The lowest BCUT2D eigenvalue weighted by Crippen LogP contribution is -2.28. The molecule has 0 N–H and O–H groups in total. The molecule has 15 heavy (non-hydrogen) atoms. The van der Waals surface area contributed by atoms with Gasteiger partial charge in [-0.05, 0) is 12.0 Å². The van der Waals surface area contributed by atoms with E-state index in [4.69, 9.17) is 0 Å². The average Bonchev–Trinajstić information content (AvgIpc) is 2.67. The fraction of sp³-hybridized carbons (Fsp3) is 0.455. The van der Waals surface area contributed by atoms with Crippen molar-refractivity contribution in [3.05, 3.63) is 30.9 Å². The summed E-state index contributed by atoms with van der Waals surface area (Å²) in [6.07, 6.45) is 7.65. The molecule has 2 rings (SSSR count). The maximum Gasteiger partial charge on any atom is 0.230 e. The van der Waals surface area contributed by atoms with E-state index in [0.29, 0.717) is 5.92 Å². The number of hydrogen-bond acceptors (Lipinski definition) is 4. The zero-order chi connectivity index (χ0) is 10.7. The van der Waals surface area contributed by atoms with Crippen LogP contribution in [0.3, 0.4) is 0 Å². The van der Waals surface area contributed by atoms with Crippen molar-refractivity contribution >= 4 is 5.95 Å². The highest BCUT2D eigenvalue weighted by Crippen LogP contribution is 2.14. The number of rotatable bonds is 3. The molecule has 1 aliphatic rings. The van der Waals surface area contributed by atoms with Gasteiger partial charge >= 0.3 is 0 Å². The van der Waals surface area contributed by atoms with E-state index < -0.39 is 0 Å². The van der Waals surface area contributed by atoms with Crippen LogP contribution in [0.1, 0.15) is 13.8 Å². The van der Waals surface area contributed by atoms with Crippen LogP contribution < -0.4 is 4.90 Å². The van der Waals surface area contributed by atoms with Crippen LogP contribution in [0.2, 0.25) is 0 Å². The second-order valence-electron chi connectivity index (χ2n) is 4.12. The van der Waals surface area contributed by atoms with Crippen LogP contribution in [-0.2, 0) is 0 Å². The molecule has 0 aliphatic carbocycles. The highest BCUT2D eigenvalue weighted by Gasteiger charge is 2.15. The van der Waals surface area contributed by atoms with Gasteiger partial charge in [0.15, 0.2) is 0 Å². The molecule has 0 amide bonds. The maximum atomic E-state index is 4.21. The molecule has 1 aliphatic heterocycles. The second-order valence-corrected chi connectivity index (χ2v) is 4.12. The summed E-state index contributed by atoms with van der Waals surface area (Å²) in [6.45, 7) is 6.35. The average molecular weight is 204 g/mol. The van der Waals surface area contributed by atoms with Gasteiger partial charge in [0.05, 0.1) is 6.67 Å². The molecule has 2 heterocycles. The standard InChI is InChI=1S/C11H16N4/c1-10(2)8-14-6-7-15(9-14)11-12-4-3-5-13-11/h3-7,10H,8-9H2,1-2H3. The predicted molar refractivity (Wildman–Crippen MR) is 60.1 cm³/mol. The minimum atomic E-state index is 0.672. The van der Waals surface area contributed by atoms with Gasteiger partial charge in [0.25, 0.3) is 0 Å². The highest BCUT2D eigenvalue weighted by atomic mass is 15.4. The van der Waals surface area contributed by atoms with Crippen molar-refractivity contribution in [1.29, 1.82) is 0 Å². The highest BCUT2D eigenvalue weighted by molar-refractivity contribution is 5.35. The van der Waals surface area contributed by atoms with Crippen LogP contribution >= 0.6 is 0 Å². The van der Waals surface area contributed by atoms with Gasteiger partial charge in [-0.3, -0.25) is 4.90 Å². The van der Waals surface area contributed by atoms with Gasteiger partial charge in [0.1, 0.15) is 0 Å². The summed E-state index contributed by atoms with van der Waals surface area (Å²) in [5.74, 6) is 1.44. The summed E-state index contributed by atoms with van der Waals surface area (Å²) in [6, 6.07) is 1.83. The topological polar surface area (TPSA) is 32.3 Å². The van der Waals surface area contributed by atoms with Crippen molar-refractivity contribution in [2.45, 2.75) is 13.8 Å². The Balaban J connectivity index is 1.97. The van der Waals surface area contributed by atoms with E-state index in [2.05, 4.69) is 34.9 Å². The molecule has 1 aromatic heterocycles. The first-order valence-electron chi connectivity index (χ1n) is 5.22. The first-order valence-corrected chi connectivity index (χ1v) is 5.22. The van der Waals surface area contributed by atoms with Gasteiger partial charge in [0, 0.05) is 31.3 Å². The Morgan fingerprint density at radius 2 is 2.00 bits per heavy atom. The van der Waals surface area contributed by atoms with Gasteiger partial charge in [0.2, 0.25) is 5.95 Å². The minimum absolute atomic E-state index is 0.672. The lowest BCUT2D eigenvalue weighted by atomic mass is 10.2. The Morgan fingerprint density at radius 3 is 2.67 bits per heavy atom. The second kappa shape index (κ2) is 4.29. The lowest BCUT2D eigenvalue weighted by molar-refractivity contribution is 0.353. The predicted octanol–water partition coefficient (Wildman–Crippen LogP) is 1.68. The van der Waals surface area contributed by atoms with Gasteiger partial charge in [-0.2, -0.15) is 0 Å². The SMILES string of the molecule is CC(C)CN1C=CN(c2ncccn2)C1. The zero-order valence-corrected chi connectivity index (χ0v) is 9.17. The Morgan fingerprint density at radius 1 is 1.27 bits per heavy atom. The molecule has 0 saturated carbocycles. The summed E-state index contributed by atoms with van der Waals surface area (Å²) < 4.78 is 0. The van der Waals surface area contributed by atoms with E-state index in [1.54, 1.807) is 12.4 Å². The van der Waals surface area contributed by atoms with E-state index in [0.717, 1.165) is 19.2 Å². The molecule has 0 spiro atoms. The molecular weight excluding hydrogens is 188 g/mol. The smallest absolute Gasteiger partial charge is 0.230 e. The quantitative estimate of drug-likeness (QED) is 0.750.